The Hall–Kier alpha value is -1.08. The predicted molar refractivity (Wildman–Crippen MR) is 106 cm³/mol. The number of ether oxygens (including phenoxy) is 2. The third-order valence-corrected chi connectivity index (χ3v) is 5.93. The second kappa shape index (κ2) is 9.92. The minimum Gasteiger partial charge on any atom is -0.383 e. The van der Waals surface area contributed by atoms with Crippen molar-refractivity contribution in [2.45, 2.75) is 31.8 Å². The van der Waals surface area contributed by atoms with Crippen LogP contribution < -0.4 is 0 Å². The van der Waals surface area contributed by atoms with Crippen LogP contribution in [0.5, 0.6) is 0 Å². The van der Waals surface area contributed by atoms with Crippen LogP contribution in [0.1, 0.15) is 36.2 Å². The first kappa shape index (κ1) is 20.6. The summed E-state index contributed by atoms with van der Waals surface area (Å²) in [7, 11) is 3.62. The van der Waals surface area contributed by atoms with Gasteiger partial charge in [0.2, 0.25) is 0 Å². The molecule has 0 spiro atoms. The summed E-state index contributed by atoms with van der Waals surface area (Å²) in [5.74, 6) is 0.589. The zero-order valence-electron chi connectivity index (χ0n) is 16.5. The number of amides is 1. The van der Waals surface area contributed by atoms with Gasteiger partial charge in [-0.15, -0.1) is 0 Å². The van der Waals surface area contributed by atoms with Gasteiger partial charge in [0.05, 0.1) is 17.7 Å². The van der Waals surface area contributed by atoms with E-state index < -0.39 is 0 Å². The number of methoxy groups -OCH3 is 1. The maximum atomic E-state index is 13.2. The topological polar surface area (TPSA) is 46.9 Å². The molecule has 0 bridgehead atoms. The number of carbonyl (C=O) groups is 1. The van der Waals surface area contributed by atoms with Gasteiger partial charge >= 0.3 is 0 Å². The van der Waals surface area contributed by atoms with Gasteiger partial charge in [-0.25, -0.2) is 0 Å². The van der Waals surface area contributed by atoms with Gasteiger partial charge in [-0.3, -0.25) is 4.79 Å². The Bertz CT molecular complexity index is 608. The number of rotatable bonds is 8. The number of hydrogen-bond acceptors (Lipinski definition) is 4. The summed E-state index contributed by atoms with van der Waals surface area (Å²) in [6.45, 7) is 6.19. The minimum absolute atomic E-state index is 0.0571. The van der Waals surface area contributed by atoms with Crippen LogP contribution in [-0.2, 0) is 16.5 Å². The molecular weight excluding hydrogens is 366 g/mol. The van der Waals surface area contributed by atoms with E-state index in [9.17, 15) is 4.79 Å². The van der Waals surface area contributed by atoms with E-state index in [1.54, 1.807) is 19.4 Å². The normalized spacial score (nSPS) is 21.7. The van der Waals surface area contributed by atoms with E-state index in [1.807, 2.05) is 16.5 Å². The number of carbonyl (C=O) groups excluding carboxylic acids is 1. The molecule has 1 aromatic rings. The quantitative estimate of drug-likeness (QED) is 0.676. The lowest BCUT2D eigenvalue weighted by atomic mass is 9.95. The average molecular weight is 398 g/mol. The SMILES string of the molecule is COCCN1CCC(CN(CC2CCCO2)C(=O)c2cc(Cl)cn2C)CC1. The summed E-state index contributed by atoms with van der Waals surface area (Å²) in [4.78, 5) is 17.7. The van der Waals surface area contributed by atoms with E-state index >= 15 is 0 Å². The summed E-state index contributed by atoms with van der Waals surface area (Å²) in [5, 5.41) is 0.601. The van der Waals surface area contributed by atoms with Crippen LogP contribution in [0.4, 0.5) is 0 Å². The van der Waals surface area contributed by atoms with Gasteiger partial charge in [-0.2, -0.15) is 0 Å². The maximum absolute atomic E-state index is 13.2. The highest BCUT2D eigenvalue weighted by molar-refractivity contribution is 6.31. The Morgan fingerprint density at radius 3 is 2.70 bits per heavy atom. The molecule has 1 unspecified atom stereocenters. The molecule has 7 heteroatoms. The number of piperidine rings is 1. The molecule has 2 aliphatic heterocycles. The van der Waals surface area contributed by atoms with E-state index in [4.69, 9.17) is 21.1 Å². The molecule has 3 rings (SSSR count). The highest BCUT2D eigenvalue weighted by atomic mass is 35.5. The first-order valence-electron chi connectivity index (χ1n) is 10.0. The molecule has 0 aromatic carbocycles. The fourth-order valence-corrected chi connectivity index (χ4v) is 4.35. The Morgan fingerprint density at radius 1 is 1.33 bits per heavy atom. The summed E-state index contributed by atoms with van der Waals surface area (Å²) in [5.41, 5.74) is 0.649. The van der Waals surface area contributed by atoms with Gasteiger partial charge in [0.1, 0.15) is 5.69 Å². The molecule has 1 aromatic heterocycles. The van der Waals surface area contributed by atoms with Crippen LogP contribution in [0.3, 0.4) is 0 Å². The van der Waals surface area contributed by atoms with Crippen LogP contribution in [0.25, 0.3) is 0 Å². The Balaban J connectivity index is 1.62. The summed E-state index contributed by atoms with van der Waals surface area (Å²) in [6, 6.07) is 1.76. The lowest BCUT2D eigenvalue weighted by Gasteiger charge is -2.35. The van der Waals surface area contributed by atoms with Crippen molar-refractivity contribution in [2.75, 3.05) is 53.0 Å². The predicted octanol–water partition coefficient (Wildman–Crippen LogP) is 2.66. The van der Waals surface area contributed by atoms with Crippen LogP contribution in [0.2, 0.25) is 5.02 Å². The van der Waals surface area contributed by atoms with Crippen LogP contribution in [0, 0.1) is 5.92 Å². The Labute approximate surface area is 167 Å². The standard InChI is InChI=1S/C20H32ClN3O3/c1-22-14-17(21)12-19(22)20(25)24(15-18-4-3-10-27-18)13-16-5-7-23(8-6-16)9-11-26-2/h12,14,16,18H,3-11,13,15H2,1-2H3. The summed E-state index contributed by atoms with van der Waals surface area (Å²) >= 11 is 6.10. The zero-order valence-corrected chi connectivity index (χ0v) is 17.3. The minimum atomic E-state index is 0.0571. The lowest BCUT2D eigenvalue weighted by molar-refractivity contribution is 0.0430. The van der Waals surface area contributed by atoms with Crippen molar-refractivity contribution >= 4 is 17.5 Å². The number of halogens is 1. The van der Waals surface area contributed by atoms with Crippen molar-refractivity contribution in [2.24, 2.45) is 13.0 Å². The first-order valence-corrected chi connectivity index (χ1v) is 10.4. The lowest BCUT2D eigenvalue weighted by Crippen LogP contribution is -2.44. The highest BCUT2D eigenvalue weighted by Gasteiger charge is 2.28. The molecule has 0 saturated carbocycles. The van der Waals surface area contributed by atoms with Crippen molar-refractivity contribution in [1.29, 1.82) is 0 Å². The number of nitrogens with zero attached hydrogens (tertiary/aromatic N) is 3. The Morgan fingerprint density at radius 2 is 2.11 bits per heavy atom. The fourth-order valence-electron chi connectivity index (χ4n) is 4.10. The van der Waals surface area contributed by atoms with Crippen LogP contribution in [-0.4, -0.2) is 79.4 Å². The molecule has 27 heavy (non-hydrogen) atoms. The maximum Gasteiger partial charge on any atom is 0.270 e. The van der Waals surface area contributed by atoms with E-state index in [2.05, 4.69) is 4.90 Å². The molecule has 1 amide bonds. The first-order chi connectivity index (χ1) is 13.1. The third kappa shape index (κ3) is 5.70. The van der Waals surface area contributed by atoms with E-state index in [1.165, 1.54) is 0 Å². The molecule has 0 aliphatic carbocycles. The second-order valence-corrected chi connectivity index (χ2v) is 8.21. The summed E-state index contributed by atoms with van der Waals surface area (Å²) in [6.07, 6.45) is 6.30. The van der Waals surface area contributed by atoms with E-state index in [0.29, 0.717) is 23.2 Å². The molecule has 2 aliphatic rings. The number of hydrogen-bond donors (Lipinski definition) is 0. The van der Waals surface area contributed by atoms with Gasteiger partial charge < -0.3 is 23.8 Å². The molecule has 152 valence electrons. The molecule has 2 fully saturated rings. The average Bonchev–Trinajstić information content (AvgIpc) is 3.29. The van der Waals surface area contributed by atoms with Crippen LogP contribution >= 0.6 is 11.6 Å². The highest BCUT2D eigenvalue weighted by Crippen LogP contribution is 2.23. The van der Waals surface area contributed by atoms with Gasteiger partial charge in [0, 0.05) is 46.6 Å². The monoisotopic (exact) mass is 397 g/mol. The molecule has 3 heterocycles. The van der Waals surface area contributed by atoms with E-state index in [-0.39, 0.29) is 12.0 Å². The molecular formula is C20H32ClN3O3. The smallest absolute Gasteiger partial charge is 0.270 e. The zero-order chi connectivity index (χ0) is 19.2. The van der Waals surface area contributed by atoms with Crippen molar-refractivity contribution in [3.63, 3.8) is 0 Å². The number of likely N-dealkylation sites (tertiary alicyclic amines) is 1. The Kier molecular flexibility index (Phi) is 7.58. The van der Waals surface area contributed by atoms with Crippen molar-refractivity contribution in [3.05, 3.63) is 23.0 Å². The third-order valence-electron chi connectivity index (χ3n) is 5.72. The van der Waals surface area contributed by atoms with E-state index in [0.717, 1.165) is 65.1 Å². The van der Waals surface area contributed by atoms with Gasteiger partial charge in [0.25, 0.3) is 5.91 Å². The van der Waals surface area contributed by atoms with Crippen molar-refractivity contribution in [3.8, 4) is 0 Å². The molecule has 0 N–H and O–H groups in total. The van der Waals surface area contributed by atoms with Crippen LogP contribution in [0.15, 0.2) is 12.3 Å². The van der Waals surface area contributed by atoms with Gasteiger partial charge in [-0.1, -0.05) is 11.6 Å². The number of aromatic nitrogens is 1. The summed E-state index contributed by atoms with van der Waals surface area (Å²) < 4.78 is 12.8. The van der Waals surface area contributed by atoms with Gasteiger partial charge in [-0.05, 0) is 50.8 Å². The number of aryl methyl sites for hydroxylation is 1. The molecule has 0 radical (unpaired) electrons. The van der Waals surface area contributed by atoms with Crippen molar-refractivity contribution in [1.82, 2.24) is 14.4 Å². The fraction of sp³-hybridized carbons (Fsp3) is 0.750. The van der Waals surface area contributed by atoms with Gasteiger partial charge in [0.15, 0.2) is 0 Å². The molecule has 1 atom stereocenters. The second-order valence-electron chi connectivity index (χ2n) is 7.78. The van der Waals surface area contributed by atoms with Crippen molar-refractivity contribution < 1.29 is 14.3 Å². The molecule has 6 nitrogen and oxygen atoms in total. The molecule has 2 saturated heterocycles. The largest absolute Gasteiger partial charge is 0.383 e.